The average Bonchev–Trinajstić information content (AvgIpc) is 3.10. The maximum Gasteiger partial charge on any atom is 0.417 e. The van der Waals surface area contributed by atoms with E-state index in [4.69, 9.17) is 11.0 Å². The van der Waals surface area contributed by atoms with Gasteiger partial charge in [0.1, 0.15) is 0 Å². The van der Waals surface area contributed by atoms with E-state index < -0.39 is 34.5 Å². The molecule has 1 aromatic rings. The van der Waals surface area contributed by atoms with Gasteiger partial charge >= 0.3 is 12.2 Å². The number of nitrogens with zero attached hydrogens (tertiary/aromatic N) is 3. The topological polar surface area (TPSA) is 102 Å². The van der Waals surface area contributed by atoms with Crippen LogP contribution in [-0.4, -0.2) is 49.6 Å². The lowest BCUT2D eigenvalue weighted by molar-refractivity contribution is -0.137. The third-order valence-electron chi connectivity index (χ3n) is 6.36. The summed E-state index contributed by atoms with van der Waals surface area (Å²) in [5, 5.41) is 11.8. The molecule has 3 N–H and O–H groups in total. The zero-order valence-corrected chi connectivity index (χ0v) is 17.3. The van der Waals surface area contributed by atoms with Crippen LogP contribution in [0.3, 0.4) is 0 Å². The number of nitrogens with one attached hydrogen (secondary N) is 1. The van der Waals surface area contributed by atoms with Crippen molar-refractivity contribution in [3.63, 3.8) is 0 Å². The first kappa shape index (κ1) is 22.7. The first-order valence-electron chi connectivity index (χ1n) is 10.3. The molecule has 0 saturated carbocycles. The molecule has 31 heavy (non-hydrogen) atoms. The molecule has 2 fully saturated rings. The van der Waals surface area contributed by atoms with Crippen LogP contribution in [0.2, 0.25) is 0 Å². The molecule has 2 aliphatic heterocycles. The van der Waals surface area contributed by atoms with Gasteiger partial charge in [-0.15, -0.1) is 0 Å². The SMILES string of the molecule is CCCNC(=O)N1CCC2(CC1)CN(c1ccc(C#N)c(C(F)(F)F)c1)CC2C(N)=O. The number of urea groups is 1. The number of carbonyl (C=O) groups excluding carboxylic acids is 2. The van der Waals surface area contributed by atoms with Gasteiger partial charge in [-0.3, -0.25) is 4.79 Å². The van der Waals surface area contributed by atoms with E-state index in [1.165, 1.54) is 6.07 Å². The van der Waals surface area contributed by atoms with Crippen molar-refractivity contribution < 1.29 is 22.8 Å². The standard InChI is InChI=1S/C21H26F3N5O2/c1-2-7-27-19(31)28-8-5-20(6-9-28)13-29(12-17(20)18(26)30)15-4-3-14(11-25)16(10-15)21(22,23)24/h3-4,10,17H,2,5-9,12-13H2,1H3,(H2,26,30)(H,27,31). The van der Waals surface area contributed by atoms with Crippen molar-refractivity contribution in [3.8, 4) is 6.07 Å². The van der Waals surface area contributed by atoms with Crippen LogP contribution >= 0.6 is 0 Å². The Morgan fingerprint density at radius 1 is 1.32 bits per heavy atom. The zero-order chi connectivity index (χ0) is 22.8. The summed E-state index contributed by atoms with van der Waals surface area (Å²) in [5.74, 6) is -1.02. The number of hydrogen-bond acceptors (Lipinski definition) is 4. The molecule has 7 nitrogen and oxygen atoms in total. The Bertz CT molecular complexity index is 888. The number of nitriles is 1. The highest BCUT2D eigenvalue weighted by atomic mass is 19.4. The summed E-state index contributed by atoms with van der Waals surface area (Å²) >= 11 is 0. The highest BCUT2D eigenvalue weighted by Crippen LogP contribution is 2.46. The molecule has 2 heterocycles. The summed E-state index contributed by atoms with van der Waals surface area (Å²) in [5.41, 5.74) is 4.03. The summed E-state index contributed by atoms with van der Waals surface area (Å²) in [4.78, 5) is 27.9. The summed E-state index contributed by atoms with van der Waals surface area (Å²) < 4.78 is 40.1. The molecule has 10 heteroatoms. The number of likely N-dealkylation sites (tertiary alicyclic amines) is 1. The predicted octanol–water partition coefficient (Wildman–Crippen LogP) is 2.70. The molecule has 2 aliphatic rings. The molecule has 1 aromatic carbocycles. The smallest absolute Gasteiger partial charge is 0.370 e. The summed E-state index contributed by atoms with van der Waals surface area (Å²) in [7, 11) is 0. The van der Waals surface area contributed by atoms with Crippen LogP contribution in [0.1, 0.15) is 37.3 Å². The molecule has 0 bridgehead atoms. The number of anilines is 1. The third-order valence-corrected chi connectivity index (χ3v) is 6.36. The van der Waals surface area contributed by atoms with E-state index in [1.807, 2.05) is 6.92 Å². The molecule has 2 saturated heterocycles. The van der Waals surface area contributed by atoms with Gasteiger partial charge in [-0.25, -0.2) is 4.79 Å². The lowest BCUT2D eigenvalue weighted by Crippen LogP contribution is -2.51. The number of nitrogens with two attached hydrogens (primary N) is 1. The van der Waals surface area contributed by atoms with Crippen molar-refractivity contribution in [3.05, 3.63) is 29.3 Å². The van der Waals surface area contributed by atoms with Crippen molar-refractivity contribution in [2.45, 2.75) is 32.4 Å². The normalized spacial score (nSPS) is 20.5. The predicted molar refractivity (Wildman–Crippen MR) is 108 cm³/mol. The zero-order valence-electron chi connectivity index (χ0n) is 17.3. The van der Waals surface area contributed by atoms with Gasteiger partial charge in [0.2, 0.25) is 5.91 Å². The number of primary amides is 1. The average molecular weight is 437 g/mol. The lowest BCUT2D eigenvalue weighted by Gasteiger charge is -2.41. The maximum absolute atomic E-state index is 13.4. The molecule has 3 amide bonds. The van der Waals surface area contributed by atoms with Crippen molar-refractivity contribution in [1.82, 2.24) is 10.2 Å². The number of piperidine rings is 1. The van der Waals surface area contributed by atoms with Crippen LogP contribution in [-0.2, 0) is 11.0 Å². The monoisotopic (exact) mass is 437 g/mol. The van der Waals surface area contributed by atoms with E-state index in [1.54, 1.807) is 15.9 Å². The van der Waals surface area contributed by atoms with Crippen LogP contribution in [0.4, 0.5) is 23.7 Å². The Kier molecular flexibility index (Phi) is 6.34. The number of rotatable bonds is 4. The number of carbonyl (C=O) groups is 2. The summed E-state index contributed by atoms with van der Waals surface area (Å²) in [6, 6.07) is 5.02. The van der Waals surface area contributed by atoms with Gasteiger partial charge in [-0.1, -0.05) is 6.92 Å². The molecule has 1 unspecified atom stereocenters. The molecule has 3 rings (SSSR count). The summed E-state index contributed by atoms with van der Waals surface area (Å²) in [6.45, 7) is 4.03. The highest BCUT2D eigenvalue weighted by Gasteiger charge is 2.51. The van der Waals surface area contributed by atoms with E-state index in [9.17, 15) is 22.8 Å². The fraction of sp³-hybridized carbons (Fsp3) is 0.571. The number of alkyl halides is 3. The van der Waals surface area contributed by atoms with Crippen molar-refractivity contribution in [2.24, 2.45) is 17.1 Å². The second kappa shape index (κ2) is 8.65. The van der Waals surface area contributed by atoms with Crippen LogP contribution in [0.25, 0.3) is 0 Å². The lowest BCUT2D eigenvalue weighted by atomic mass is 9.70. The largest absolute Gasteiger partial charge is 0.417 e. The minimum atomic E-state index is -4.65. The molecule has 168 valence electrons. The van der Waals surface area contributed by atoms with Gasteiger partial charge < -0.3 is 20.9 Å². The minimum Gasteiger partial charge on any atom is -0.370 e. The van der Waals surface area contributed by atoms with Gasteiger partial charge in [-0.05, 0) is 37.5 Å². The Hall–Kier alpha value is -2.96. The highest BCUT2D eigenvalue weighted by molar-refractivity contribution is 5.80. The maximum atomic E-state index is 13.4. The van der Waals surface area contributed by atoms with Gasteiger partial charge in [0.05, 0.1) is 23.1 Å². The number of benzene rings is 1. The second-order valence-corrected chi connectivity index (χ2v) is 8.26. The van der Waals surface area contributed by atoms with Gasteiger partial charge in [0.15, 0.2) is 0 Å². The third kappa shape index (κ3) is 4.55. The van der Waals surface area contributed by atoms with E-state index in [0.29, 0.717) is 44.7 Å². The molecular weight excluding hydrogens is 411 g/mol. The Balaban J connectivity index is 1.81. The molecule has 1 spiro atoms. The molecule has 1 atom stereocenters. The van der Waals surface area contributed by atoms with Crippen molar-refractivity contribution >= 4 is 17.6 Å². The van der Waals surface area contributed by atoms with Crippen LogP contribution < -0.4 is 16.0 Å². The first-order chi connectivity index (χ1) is 14.6. The summed E-state index contributed by atoms with van der Waals surface area (Å²) in [6.07, 6.45) is -2.75. The first-order valence-corrected chi connectivity index (χ1v) is 10.3. The van der Waals surface area contributed by atoms with E-state index >= 15 is 0 Å². The van der Waals surface area contributed by atoms with Crippen LogP contribution in [0, 0.1) is 22.7 Å². The fourth-order valence-electron chi connectivity index (χ4n) is 4.62. The minimum absolute atomic E-state index is 0.149. The quantitative estimate of drug-likeness (QED) is 0.756. The molecular formula is C21H26F3N5O2. The fourth-order valence-corrected chi connectivity index (χ4v) is 4.62. The van der Waals surface area contributed by atoms with Gasteiger partial charge in [0.25, 0.3) is 0 Å². The number of hydrogen-bond donors (Lipinski definition) is 2. The Morgan fingerprint density at radius 2 is 2.00 bits per heavy atom. The second-order valence-electron chi connectivity index (χ2n) is 8.26. The number of amides is 3. The van der Waals surface area contributed by atoms with Crippen molar-refractivity contribution in [1.29, 1.82) is 5.26 Å². The van der Waals surface area contributed by atoms with Crippen molar-refractivity contribution in [2.75, 3.05) is 37.6 Å². The molecule has 0 aliphatic carbocycles. The van der Waals surface area contributed by atoms with E-state index in [0.717, 1.165) is 18.6 Å². The van der Waals surface area contributed by atoms with Gasteiger partial charge in [-0.2, -0.15) is 18.4 Å². The van der Waals surface area contributed by atoms with E-state index in [-0.39, 0.29) is 12.6 Å². The van der Waals surface area contributed by atoms with Gasteiger partial charge in [0, 0.05) is 43.8 Å². The molecule has 0 aromatic heterocycles. The van der Waals surface area contributed by atoms with Crippen LogP contribution in [0.5, 0.6) is 0 Å². The number of halogens is 3. The van der Waals surface area contributed by atoms with Crippen LogP contribution in [0.15, 0.2) is 18.2 Å². The Morgan fingerprint density at radius 3 is 2.55 bits per heavy atom. The van der Waals surface area contributed by atoms with E-state index in [2.05, 4.69) is 5.32 Å². The molecule has 0 radical (unpaired) electrons. The Labute approximate surface area is 179 Å².